The average molecular weight is 288 g/mol. The average Bonchev–Trinajstić information content (AvgIpc) is 2.85. The van der Waals surface area contributed by atoms with E-state index in [2.05, 4.69) is 20.6 Å². The van der Waals surface area contributed by atoms with Gasteiger partial charge in [0.05, 0.1) is 6.20 Å². The maximum absolute atomic E-state index is 12.3. The van der Waals surface area contributed by atoms with Gasteiger partial charge in [0, 0.05) is 17.8 Å². The van der Waals surface area contributed by atoms with Crippen LogP contribution in [-0.2, 0) is 0 Å². The molecule has 0 fully saturated rings. The standard InChI is InChI=1S/C15H20N4O2/c1-5-16-13-7-12(6-9(2)18-13)14(20)19-11(4)15-17-8-10(3)21-15/h6-8,11H,5H2,1-4H3,(H,16,18)(H,19,20). The molecule has 6 nitrogen and oxygen atoms in total. The molecule has 0 aliphatic rings. The van der Waals surface area contributed by atoms with Crippen molar-refractivity contribution in [3.8, 4) is 0 Å². The predicted molar refractivity (Wildman–Crippen MR) is 80.3 cm³/mol. The molecule has 0 aliphatic heterocycles. The van der Waals surface area contributed by atoms with Crippen LogP contribution in [0.5, 0.6) is 0 Å². The smallest absolute Gasteiger partial charge is 0.252 e. The Morgan fingerprint density at radius 2 is 2.14 bits per heavy atom. The Kier molecular flexibility index (Phi) is 4.57. The number of amides is 1. The van der Waals surface area contributed by atoms with Gasteiger partial charge in [0.15, 0.2) is 0 Å². The van der Waals surface area contributed by atoms with Gasteiger partial charge in [0.2, 0.25) is 5.89 Å². The van der Waals surface area contributed by atoms with Crippen LogP contribution in [0.25, 0.3) is 0 Å². The van der Waals surface area contributed by atoms with Crippen LogP contribution in [0.4, 0.5) is 5.82 Å². The number of nitrogens with zero attached hydrogens (tertiary/aromatic N) is 2. The molecule has 1 amide bonds. The van der Waals surface area contributed by atoms with Gasteiger partial charge >= 0.3 is 0 Å². The molecule has 0 spiro atoms. The Morgan fingerprint density at radius 3 is 2.76 bits per heavy atom. The van der Waals surface area contributed by atoms with Crippen molar-refractivity contribution in [1.29, 1.82) is 0 Å². The number of nitrogens with one attached hydrogen (secondary N) is 2. The minimum absolute atomic E-state index is 0.178. The summed E-state index contributed by atoms with van der Waals surface area (Å²) in [6.45, 7) is 8.25. The van der Waals surface area contributed by atoms with Crippen LogP contribution in [0.15, 0.2) is 22.7 Å². The first kappa shape index (κ1) is 15.0. The Morgan fingerprint density at radius 1 is 1.38 bits per heavy atom. The van der Waals surface area contributed by atoms with Gasteiger partial charge < -0.3 is 15.1 Å². The van der Waals surface area contributed by atoms with E-state index >= 15 is 0 Å². The van der Waals surface area contributed by atoms with Gasteiger partial charge in [-0.25, -0.2) is 9.97 Å². The Bertz CT molecular complexity index is 636. The van der Waals surface area contributed by atoms with E-state index < -0.39 is 0 Å². The summed E-state index contributed by atoms with van der Waals surface area (Å²) in [5.74, 6) is 1.74. The summed E-state index contributed by atoms with van der Waals surface area (Å²) < 4.78 is 5.42. The van der Waals surface area contributed by atoms with E-state index in [0.717, 1.165) is 18.0 Å². The summed E-state index contributed by atoms with van der Waals surface area (Å²) in [6.07, 6.45) is 1.64. The second-order valence-corrected chi connectivity index (χ2v) is 4.92. The van der Waals surface area contributed by atoms with Crippen molar-refractivity contribution in [1.82, 2.24) is 15.3 Å². The number of aryl methyl sites for hydroxylation is 2. The zero-order valence-corrected chi connectivity index (χ0v) is 12.7. The highest BCUT2D eigenvalue weighted by atomic mass is 16.4. The number of carbonyl (C=O) groups excluding carboxylic acids is 1. The summed E-state index contributed by atoms with van der Waals surface area (Å²) in [5.41, 5.74) is 1.35. The lowest BCUT2D eigenvalue weighted by Gasteiger charge is -2.12. The van der Waals surface area contributed by atoms with E-state index in [-0.39, 0.29) is 11.9 Å². The third kappa shape index (κ3) is 3.81. The number of oxazole rings is 1. The third-order valence-electron chi connectivity index (χ3n) is 2.93. The Labute approximate surface area is 124 Å². The highest BCUT2D eigenvalue weighted by Gasteiger charge is 2.16. The number of hydrogen-bond donors (Lipinski definition) is 2. The van der Waals surface area contributed by atoms with E-state index in [1.54, 1.807) is 18.3 Å². The first-order valence-corrected chi connectivity index (χ1v) is 6.95. The van der Waals surface area contributed by atoms with Gasteiger partial charge in [-0.05, 0) is 39.8 Å². The number of aromatic nitrogens is 2. The van der Waals surface area contributed by atoms with Crippen molar-refractivity contribution >= 4 is 11.7 Å². The molecule has 0 aliphatic carbocycles. The highest BCUT2D eigenvalue weighted by molar-refractivity contribution is 5.95. The van der Waals surface area contributed by atoms with E-state index in [9.17, 15) is 4.79 Å². The zero-order chi connectivity index (χ0) is 15.4. The molecule has 2 aromatic heterocycles. The Hall–Kier alpha value is -2.37. The number of pyridine rings is 1. The lowest BCUT2D eigenvalue weighted by atomic mass is 10.2. The second kappa shape index (κ2) is 6.39. The fourth-order valence-corrected chi connectivity index (χ4v) is 1.99. The molecule has 1 atom stereocenters. The molecule has 112 valence electrons. The van der Waals surface area contributed by atoms with Crippen molar-refractivity contribution in [3.05, 3.63) is 41.2 Å². The van der Waals surface area contributed by atoms with Gasteiger partial charge in [-0.3, -0.25) is 4.79 Å². The summed E-state index contributed by atoms with van der Waals surface area (Å²) in [6, 6.07) is 3.20. The predicted octanol–water partition coefficient (Wildman–Crippen LogP) is 2.61. The second-order valence-electron chi connectivity index (χ2n) is 4.92. The summed E-state index contributed by atoms with van der Waals surface area (Å²) in [4.78, 5) is 20.8. The molecule has 0 saturated heterocycles. The Balaban J connectivity index is 2.12. The molecular formula is C15H20N4O2. The van der Waals surface area contributed by atoms with Crippen molar-refractivity contribution in [2.75, 3.05) is 11.9 Å². The van der Waals surface area contributed by atoms with Crippen LogP contribution in [0.2, 0.25) is 0 Å². The van der Waals surface area contributed by atoms with Crippen molar-refractivity contribution in [2.45, 2.75) is 33.7 Å². The van der Waals surface area contributed by atoms with Gasteiger partial charge in [0.25, 0.3) is 5.91 Å². The number of hydrogen-bond acceptors (Lipinski definition) is 5. The van der Waals surface area contributed by atoms with Crippen molar-refractivity contribution in [3.63, 3.8) is 0 Å². The minimum atomic E-state index is -0.290. The molecule has 2 heterocycles. The van der Waals surface area contributed by atoms with Crippen molar-refractivity contribution < 1.29 is 9.21 Å². The van der Waals surface area contributed by atoms with E-state index in [1.807, 2.05) is 27.7 Å². The van der Waals surface area contributed by atoms with Crippen LogP contribution >= 0.6 is 0 Å². The quantitative estimate of drug-likeness (QED) is 0.884. The monoisotopic (exact) mass is 288 g/mol. The SMILES string of the molecule is CCNc1cc(C(=O)NC(C)c2ncc(C)o2)cc(C)n1. The van der Waals surface area contributed by atoms with E-state index in [4.69, 9.17) is 4.42 Å². The number of rotatable bonds is 5. The van der Waals surface area contributed by atoms with E-state index in [1.165, 1.54) is 0 Å². The number of carbonyl (C=O) groups is 1. The topological polar surface area (TPSA) is 80.0 Å². The molecule has 0 aromatic carbocycles. The van der Waals surface area contributed by atoms with Crippen LogP contribution in [0.1, 0.15) is 47.6 Å². The molecule has 2 rings (SSSR count). The van der Waals surface area contributed by atoms with Crippen LogP contribution in [0.3, 0.4) is 0 Å². The van der Waals surface area contributed by atoms with Gasteiger partial charge in [-0.2, -0.15) is 0 Å². The zero-order valence-electron chi connectivity index (χ0n) is 12.7. The lowest BCUT2D eigenvalue weighted by Crippen LogP contribution is -2.27. The molecule has 0 radical (unpaired) electrons. The van der Waals surface area contributed by atoms with Crippen LogP contribution < -0.4 is 10.6 Å². The molecule has 6 heteroatoms. The number of anilines is 1. The summed E-state index contributed by atoms with van der Waals surface area (Å²) in [7, 11) is 0. The van der Waals surface area contributed by atoms with E-state index in [0.29, 0.717) is 17.3 Å². The van der Waals surface area contributed by atoms with Gasteiger partial charge in [-0.15, -0.1) is 0 Å². The van der Waals surface area contributed by atoms with Gasteiger partial charge in [-0.1, -0.05) is 0 Å². The fraction of sp³-hybridized carbons (Fsp3) is 0.400. The van der Waals surface area contributed by atoms with Gasteiger partial charge in [0.1, 0.15) is 17.6 Å². The maximum atomic E-state index is 12.3. The lowest BCUT2D eigenvalue weighted by molar-refractivity contribution is 0.0933. The molecule has 1 unspecified atom stereocenters. The third-order valence-corrected chi connectivity index (χ3v) is 2.93. The normalized spacial score (nSPS) is 12.0. The first-order chi connectivity index (χ1) is 9.99. The van der Waals surface area contributed by atoms with Crippen LogP contribution in [-0.4, -0.2) is 22.4 Å². The highest BCUT2D eigenvalue weighted by Crippen LogP contribution is 2.15. The summed E-state index contributed by atoms with van der Waals surface area (Å²) >= 11 is 0. The minimum Gasteiger partial charge on any atom is -0.444 e. The molecule has 2 N–H and O–H groups in total. The fourth-order valence-electron chi connectivity index (χ4n) is 1.99. The molecule has 0 bridgehead atoms. The summed E-state index contributed by atoms with van der Waals surface area (Å²) in [5, 5.41) is 5.98. The largest absolute Gasteiger partial charge is 0.444 e. The molecule has 0 saturated carbocycles. The molecule has 2 aromatic rings. The van der Waals surface area contributed by atoms with Crippen molar-refractivity contribution in [2.24, 2.45) is 0 Å². The maximum Gasteiger partial charge on any atom is 0.252 e. The first-order valence-electron chi connectivity index (χ1n) is 6.95. The van der Waals surface area contributed by atoms with Crippen LogP contribution in [0, 0.1) is 13.8 Å². The molecule has 21 heavy (non-hydrogen) atoms. The molecular weight excluding hydrogens is 268 g/mol.